The second-order valence-electron chi connectivity index (χ2n) is 3.72. The van der Waals surface area contributed by atoms with E-state index >= 15 is 0 Å². The zero-order valence-corrected chi connectivity index (χ0v) is 9.14. The summed E-state index contributed by atoms with van der Waals surface area (Å²) in [5.41, 5.74) is 6.15. The van der Waals surface area contributed by atoms with Gasteiger partial charge < -0.3 is 5.73 Å². The molecule has 1 aromatic heterocycles. The van der Waals surface area contributed by atoms with Crippen LogP contribution in [0.4, 0.5) is 4.39 Å². The number of rotatable bonds is 3. The lowest BCUT2D eigenvalue weighted by atomic mass is 10.2. The molecule has 0 aliphatic carbocycles. The smallest absolute Gasteiger partial charge is 0.254 e. The summed E-state index contributed by atoms with van der Waals surface area (Å²) in [7, 11) is 0. The van der Waals surface area contributed by atoms with Crippen LogP contribution in [0.5, 0.6) is 0 Å². The molecule has 0 saturated heterocycles. The fourth-order valence-electron chi connectivity index (χ4n) is 1.59. The molecule has 17 heavy (non-hydrogen) atoms. The summed E-state index contributed by atoms with van der Waals surface area (Å²) in [6, 6.07) is 9.87. The van der Waals surface area contributed by atoms with E-state index in [0.29, 0.717) is 17.7 Å². The number of carbonyl (C=O) groups excluding carboxylic acids is 1. The van der Waals surface area contributed by atoms with Gasteiger partial charge in [-0.05, 0) is 18.2 Å². The van der Waals surface area contributed by atoms with Crippen LogP contribution in [0.3, 0.4) is 0 Å². The Kier molecular flexibility index (Phi) is 3.14. The minimum absolute atomic E-state index is 0.260. The van der Waals surface area contributed by atoms with Crippen molar-refractivity contribution in [2.75, 3.05) is 0 Å². The Morgan fingerprint density at radius 2 is 2.00 bits per heavy atom. The van der Waals surface area contributed by atoms with E-state index in [1.165, 1.54) is 6.07 Å². The van der Waals surface area contributed by atoms with E-state index in [-0.39, 0.29) is 5.82 Å². The molecule has 1 aromatic carbocycles. The Morgan fingerprint density at radius 3 is 2.71 bits per heavy atom. The van der Waals surface area contributed by atoms with Crippen LogP contribution in [0, 0.1) is 5.82 Å². The van der Waals surface area contributed by atoms with E-state index in [2.05, 4.69) is 0 Å². The molecule has 0 bridgehead atoms. The fraction of sp³-hybridized carbons (Fsp3) is 0.0769. The third-order valence-corrected chi connectivity index (χ3v) is 2.45. The van der Waals surface area contributed by atoms with Crippen LogP contribution < -0.4 is 10.3 Å². The summed E-state index contributed by atoms with van der Waals surface area (Å²) in [6.07, 6.45) is 3.37. The number of benzene rings is 1. The molecule has 2 aromatic rings. The standard InChI is InChI=1S/C13H11FN2O/c14-12-6-2-1-4-10(12)8-16-7-3-5-11(9-16)13(15)17/h1-7,9H,8H2,(H-,15,17)/p+1. The molecule has 3 nitrogen and oxygen atoms in total. The van der Waals surface area contributed by atoms with Gasteiger partial charge in [0.1, 0.15) is 11.4 Å². The van der Waals surface area contributed by atoms with E-state index in [4.69, 9.17) is 5.73 Å². The Labute approximate surface area is 98.3 Å². The molecule has 0 unspecified atom stereocenters. The van der Waals surface area contributed by atoms with Gasteiger partial charge in [-0.15, -0.1) is 0 Å². The van der Waals surface area contributed by atoms with E-state index in [1.807, 2.05) is 0 Å². The third kappa shape index (κ3) is 2.66. The molecule has 4 heteroatoms. The highest BCUT2D eigenvalue weighted by Gasteiger charge is 2.10. The first-order chi connectivity index (χ1) is 8.16. The molecule has 0 spiro atoms. The zero-order valence-electron chi connectivity index (χ0n) is 9.14. The van der Waals surface area contributed by atoms with Gasteiger partial charge >= 0.3 is 0 Å². The predicted octanol–water partition coefficient (Wildman–Crippen LogP) is 1.26. The first-order valence-electron chi connectivity index (χ1n) is 5.19. The van der Waals surface area contributed by atoms with Gasteiger partial charge in [0.2, 0.25) is 0 Å². The largest absolute Gasteiger partial charge is 0.365 e. The van der Waals surface area contributed by atoms with Crippen LogP contribution in [0.2, 0.25) is 0 Å². The number of nitrogens with zero attached hydrogens (tertiary/aromatic N) is 1. The number of nitrogens with two attached hydrogens (primary N) is 1. The molecule has 0 aliphatic heterocycles. The summed E-state index contributed by atoms with van der Waals surface area (Å²) in [4.78, 5) is 11.0. The molecule has 0 atom stereocenters. The van der Waals surface area contributed by atoms with Gasteiger partial charge in [0.05, 0.1) is 5.56 Å². The fourth-order valence-corrected chi connectivity index (χ4v) is 1.59. The van der Waals surface area contributed by atoms with Crippen LogP contribution in [0.15, 0.2) is 48.8 Å². The number of primary amides is 1. The van der Waals surface area contributed by atoms with Gasteiger partial charge in [-0.25, -0.2) is 4.39 Å². The SMILES string of the molecule is NC(=O)c1ccc[n+](Cc2ccccc2F)c1. The summed E-state index contributed by atoms with van der Waals surface area (Å²) in [5, 5.41) is 0. The molecule has 2 N–H and O–H groups in total. The lowest BCUT2D eigenvalue weighted by Crippen LogP contribution is -2.35. The van der Waals surface area contributed by atoms with Crippen molar-refractivity contribution in [3.05, 3.63) is 65.7 Å². The van der Waals surface area contributed by atoms with E-state index in [9.17, 15) is 9.18 Å². The maximum atomic E-state index is 13.4. The van der Waals surface area contributed by atoms with Crippen LogP contribution >= 0.6 is 0 Å². The highest BCUT2D eigenvalue weighted by atomic mass is 19.1. The lowest BCUT2D eigenvalue weighted by Gasteiger charge is -2.00. The first-order valence-corrected chi connectivity index (χ1v) is 5.19. The quantitative estimate of drug-likeness (QED) is 0.794. The maximum absolute atomic E-state index is 13.4. The molecule has 1 amide bonds. The second kappa shape index (κ2) is 4.74. The highest BCUT2D eigenvalue weighted by molar-refractivity contribution is 5.92. The average molecular weight is 231 g/mol. The summed E-state index contributed by atoms with van der Waals surface area (Å²) < 4.78 is 15.2. The Morgan fingerprint density at radius 1 is 1.24 bits per heavy atom. The van der Waals surface area contributed by atoms with Crippen molar-refractivity contribution in [3.63, 3.8) is 0 Å². The Balaban J connectivity index is 2.28. The van der Waals surface area contributed by atoms with Crippen LogP contribution in [-0.2, 0) is 6.54 Å². The topological polar surface area (TPSA) is 47.0 Å². The van der Waals surface area contributed by atoms with Gasteiger partial charge in [-0.2, -0.15) is 4.57 Å². The van der Waals surface area contributed by atoms with Crippen molar-refractivity contribution in [2.45, 2.75) is 6.54 Å². The van der Waals surface area contributed by atoms with Gasteiger partial charge in [0.25, 0.3) is 5.91 Å². The summed E-state index contributed by atoms with van der Waals surface area (Å²) in [5.74, 6) is -0.752. The number of hydrogen-bond acceptors (Lipinski definition) is 1. The van der Waals surface area contributed by atoms with Crippen LogP contribution in [0.25, 0.3) is 0 Å². The monoisotopic (exact) mass is 231 g/mol. The molecule has 0 fully saturated rings. The van der Waals surface area contributed by atoms with Gasteiger partial charge in [0.15, 0.2) is 18.9 Å². The van der Waals surface area contributed by atoms with Crippen molar-refractivity contribution in [3.8, 4) is 0 Å². The Hall–Kier alpha value is -2.23. The summed E-state index contributed by atoms with van der Waals surface area (Å²) in [6.45, 7) is 0.369. The molecule has 0 aliphatic rings. The molecule has 0 radical (unpaired) electrons. The normalized spacial score (nSPS) is 10.2. The summed E-state index contributed by atoms with van der Waals surface area (Å²) >= 11 is 0. The van der Waals surface area contributed by atoms with E-state index in [0.717, 1.165) is 0 Å². The number of amides is 1. The maximum Gasteiger partial charge on any atom is 0.254 e. The van der Waals surface area contributed by atoms with Gasteiger partial charge in [-0.1, -0.05) is 12.1 Å². The minimum atomic E-state index is -0.493. The van der Waals surface area contributed by atoms with Crippen molar-refractivity contribution in [1.29, 1.82) is 0 Å². The first kappa shape index (κ1) is 11.3. The van der Waals surface area contributed by atoms with Crippen molar-refractivity contribution >= 4 is 5.91 Å². The lowest BCUT2D eigenvalue weighted by molar-refractivity contribution is -0.688. The third-order valence-electron chi connectivity index (χ3n) is 2.45. The molecular formula is C13H12FN2O+. The number of hydrogen-bond donors (Lipinski definition) is 1. The molecule has 0 saturated carbocycles. The van der Waals surface area contributed by atoms with Crippen molar-refractivity contribution in [2.24, 2.45) is 5.73 Å². The van der Waals surface area contributed by atoms with Crippen LogP contribution in [-0.4, -0.2) is 5.91 Å². The highest BCUT2D eigenvalue weighted by Crippen LogP contribution is 2.05. The minimum Gasteiger partial charge on any atom is -0.365 e. The Bertz CT molecular complexity index is 555. The second-order valence-corrected chi connectivity index (χ2v) is 3.72. The van der Waals surface area contributed by atoms with E-state index in [1.54, 1.807) is 47.3 Å². The average Bonchev–Trinajstić information content (AvgIpc) is 2.32. The van der Waals surface area contributed by atoms with Crippen molar-refractivity contribution < 1.29 is 13.8 Å². The zero-order chi connectivity index (χ0) is 12.3. The number of pyridine rings is 1. The number of aromatic nitrogens is 1. The van der Waals surface area contributed by atoms with Crippen molar-refractivity contribution in [1.82, 2.24) is 0 Å². The molecule has 2 rings (SSSR count). The molecule has 1 heterocycles. The predicted molar refractivity (Wildman–Crippen MR) is 60.7 cm³/mol. The van der Waals surface area contributed by atoms with E-state index < -0.39 is 5.91 Å². The molecule has 86 valence electrons. The van der Waals surface area contributed by atoms with Crippen LogP contribution in [0.1, 0.15) is 15.9 Å². The van der Waals surface area contributed by atoms with Gasteiger partial charge in [-0.3, -0.25) is 4.79 Å². The number of carbonyl (C=O) groups is 1. The molecular weight excluding hydrogens is 219 g/mol. The number of halogens is 1. The van der Waals surface area contributed by atoms with Gasteiger partial charge in [0, 0.05) is 6.07 Å².